The molecule has 1 saturated heterocycles. The van der Waals surface area contributed by atoms with Crippen LogP contribution in [0.1, 0.15) is 13.8 Å². The molecule has 1 fully saturated rings. The zero-order valence-electron chi connectivity index (χ0n) is 5.88. The number of hydrogen-bond acceptors (Lipinski definition) is 3. The molecule has 0 amide bonds. The molecular formula is C7H8O3. The van der Waals surface area contributed by atoms with Crippen LogP contribution in [0.2, 0.25) is 0 Å². The van der Waals surface area contributed by atoms with E-state index < -0.39 is 11.9 Å². The third-order valence-corrected chi connectivity index (χ3v) is 1.56. The zero-order valence-corrected chi connectivity index (χ0v) is 5.88. The van der Waals surface area contributed by atoms with Gasteiger partial charge in [0.1, 0.15) is 0 Å². The molecule has 0 spiro atoms. The average molecular weight is 140 g/mol. The van der Waals surface area contributed by atoms with E-state index in [-0.39, 0.29) is 5.92 Å². The minimum atomic E-state index is -0.500. The lowest BCUT2D eigenvalue weighted by molar-refractivity contribution is -0.152. The molecule has 54 valence electrons. The lowest BCUT2D eigenvalue weighted by Crippen LogP contribution is -2.02. The van der Waals surface area contributed by atoms with Gasteiger partial charge >= 0.3 is 11.9 Å². The van der Waals surface area contributed by atoms with Crippen molar-refractivity contribution in [2.45, 2.75) is 13.8 Å². The van der Waals surface area contributed by atoms with E-state index in [0.717, 1.165) is 0 Å². The van der Waals surface area contributed by atoms with Crippen LogP contribution in [0.3, 0.4) is 0 Å². The molecule has 1 unspecified atom stereocenters. The number of carbonyl (C=O) groups is 2. The summed E-state index contributed by atoms with van der Waals surface area (Å²) in [6.07, 6.45) is 1.61. The van der Waals surface area contributed by atoms with Crippen LogP contribution in [0.4, 0.5) is 0 Å². The summed E-state index contributed by atoms with van der Waals surface area (Å²) >= 11 is 0. The third kappa shape index (κ3) is 0.835. The molecule has 0 saturated carbocycles. The summed E-state index contributed by atoms with van der Waals surface area (Å²) in [6, 6.07) is 0. The van der Waals surface area contributed by atoms with E-state index in [0.29, 0.717) is 5.57 Å². The number of esters is 2. The molecule has 0 bridgehead atoms. The van der Waals surface area contributed by atoms with E-state index >= 15 is 0 Å². The fourth-order valence-corrected chi connectivity index (χ4v) is 0.910. The minimum Gasteiger partial charge on any atom is -0.389 e. The fourth-order valence-electron chi connectivity index (χ4n) is 0.910. The first-order valence-corrected chi connectivity index (χ1v) is 3.09. The molecular weight excluding hydrogens is 132 g/mol. The predicted molar refractivity (Wildman–Crippen MR) is 34.0 cm³/mol. The van der Waals surface area contributed by atoms with Crippen LogP contribution in [0.15, 0.2) is 11.6 Å². The van der Waals surface area contributed by atoms with Crippen LogP contribution < -0.4 is 0 Å². The smallest absolute Gasteiger partial charge is 0.342 e. The Hall–Kier alpha value is -1.12. The molecule has 3 heteroatoms. The lowest BCUT2D eigenvalue weighted by atomic mass is 10.0. The van der Waals surface area contributed by atoms with Crippen molar-refractivity contribution in [3.63, 3.8) is 0 Å². The second-order valence-electron chi connectivity index (χ2n) is 2.17. The topological polar surface area (TPSA) is 43.4 Å². The molecule has 0 radical (unpaired) electrons. The van der Waals surface area contributed by atoms with Crippen LogP contribution >= 0.6 is 0 Å². The highest BCUT2D eigenvalue weighted by atomic mass is 16.6. The van der Waals surface area contributed by atoms with Gasteiger partial charge in [-0.3, -0.25) is 4.79 Å². The van der Waals surface area contributed by atoms with E-state index in [1.807, 2.05) is 0 Å². The second kappa shape index (κ2) is 2.25. The summed E-state index contributed by atoms with van der Waals surface area (Å²) in [5.74, 6) is -1.32. The van der Waals surface area contributed by atoms with Crippen molar-refractivity contribution in [1.82, 2.24) is 0 Å². The van der Waals surface area contributed by atoms with Gasteiger partial charge in [-0.1, -0.05) is 6.08 Å². The Balaban J connectivity index is 2.95. The van der Waals surface area contributed by atoms with Gasteiger partial charge in [0.15, 0.2) is 0 Å². The molecule has 0 aromatic heterocycles. The highest BCUT2D eigenvalue weighted by molar-refractivity contribution is 6.07. The fraction of sp³-hybridized carbons (Fsp3) is 0.429. The minimum absolute atomic E-state index is 0.377. The Morgan fingerprint density at radius 1 is 1.50 bits per heavy atom. The largest absolute Gasteiger partial charge is 0.389 e. The van der Waals surface area contributed by atoms with Gasteiger partial charge in [0, 0.05) is 5.57 Å². The summed E-state index contributed by atoms with van der Waals surface area (Å²) < 4.78 is 4.33. The predicted octanol–water partition coefficient (Wildman–Crippen LogP) is 0.652. The van der Waals surface area contributed by atoms with Crippen molar-refractivity contribution in [2.75, 3.05) is 0 Å². The van der Waals surface area contributed by atoms with Gasteiger partial charge < -0.3 is 4.74 Å². The normalized spacial score (nSPS) is 29.4. The Kier molecular flexibility index (Phi) is 1.57. The maximum atomic E-state index is 10.7. The number of cyclic esters (lactones) is 2. The quantitative estimate of drug-likeness (QED) is 0.282. The average Bonchev–Trinajstić information content (AvgIpc) is 2.09. The molecule has 1 heterocycles. The Morgan fingerprint density at radius 2 is 2.10 bits per heavy atom. The van der Waals surface area contributed by atoms with Crippen LogP contribution in [0.25, 0.3) is 0 Å². The van der Waals surface area contributed by atoms with E-state index in [1.54, 1.807) is 19.9 Å². The van der Waals surface area contributed by atoms with E-state index in [2.05, 4.69) is 4.74 Å². The van der Waals surface area contributed by atoms with Crippen molar-refractivity contribution in [3.05, 3.63) is 11.6 Å². The number of ether oxygens (including phenoxy) is 1. The third-order valence-electron chi connectivity index (χ3n) is 1.56. The van der Waals surface area contributed by atoms with Crippen molar-refractivity contribution in [1.29, 1.82) is 0 Å². The van der Waals surface area contributed by atoms with Gasteiger partial charge in [0.25, 0.3) is 0 Å². The monoisotopic (exact) mass is 140 g/mol. The highest BCUT2D eigenvalue weighted by Crippen LogP contribution is 2.21. The molecule has 1 rings (SSSR count). The number of hydrogen-bond donors (Lipinski definition) is 0. The number of allylic oxidation sites excluding steroid dienone is 1. The lowest BCUT2D eigenvalue weighted by Gasteiger charge is -1.91. The molecule has 0 aliphatic carbocycles. The first-order valence-electron chi connectivity index (χ1n) is 3.09. The van der Waals surface area contributed by atoms with E-state index in [4.69, 9.17) is 0 Å². The molecule has 3 nitrogen and oxygen atoms in total. The Bertz CT molecular complexity index is 215. The van der Waals surface area contributed by atoms with E-state index in [9.17, 15) is 9.59 Å². The molecule has 0 aromatic rings. The number of carbonyl (C=O) groups excluding carboxylic acids is 2. The molecule has 0 aromatic carbocycles. The Morgan fingerprint density at radius 3 is 2.30 bits per heavy atom. The Labute approximate surface area is 58.7 Å². The van der Waals surface area contributed by atoms with Crippen molar-refractivity contribution < 1.29 is 14.3 Å². The molecule has 0 N–H and O–H groups in total. The van der Waals surface area contributed by atoms with Gasteiger partial charge in [-0.05, 0) is 13.8 Å². The van der Waals surface area contributed by atoms with Gasteiger partial charge in [-0.25, -0.2) is 4.79 Å². The van der Waals surface area contributed by atoms with Crippen LogP contribution in [0.5, 0.6) is 0 Å². The number of rotatable bonds is 0. The van der Waals surface area contributed by atoms with Crippen LogP contribution in [0, 0.1) is 5.92 Å². The molecule has 1 aliphatic rings. The SMILES string of the molecule is CC=C1C(=O)OC(=O)C1C. The molecule has 1 atom stereocenters. The van der Waals surface area contributed by atoms with Crippen molar-refractivity contribution in [2.24, 2.45) is 5.92 Å². The maximum absolute atomic E-state index is 10.7. The van der Waals surface area contributed by atoms with Crippen molar-refractivity contribution in [3.8, 4) is 0 Å². The summed E-state index contributed by atoms with van der Waals surface area (Å²) in [5.41, 5.74) is 0.463. The van der Waals surface area contributed by atoms with E-state index in [1.165, 1.54) is 0 Å². The second-order valence-corrected chi connectivity index (χ2v) is 2.17. The molecule has 1 aliphatic heterocycles. The maximum Gasteiger partial charge on any atom is 0.342 e. The van der Waals surface area contributed by atoms with Gasteiger partial charge in [0.2, 0.25) is 0 Å². The first-order chi connectivity index (χ1) is 4.66. The summed E-state index contributed by atoms with van der Waals surface area (Å²) in [4.78, 5) is 21.4. The summed E-state index contributed by atoms with van der Waals surface area (Å²) in [5, 5.41) is 0. The highest BCUT2D eigenvalue weighted by Gasteiger charge is 2.34. The van der Waals surface area contributed by atoms with Gasteiger partial charge in [-0.15, -0.1) is 0 Å². The van der Waals surface area contributed by atoms with Gasteiger partial charge in [-0.2, -0.15) is 0 Å². The first kappa shape index (κ1) is 6.99. The molecule has 10 heavy (non-hydrogen) atoms. The van der Waals surface area contributed by atoms with Crippen LogP contribution in [-0.2, 0) is 14.3 Å². The van der Waals surface area contributed by atoms with Crippen molar-refractivity contribution >= 4 is 11.9 Å². The standard InChI is InChI=1S/C7H8O3/c1-3-5-4(2)6(8)10-7(5)9/h3-4H,1-2H3. The zero-order chi connectivity index (χ0) is 7.72. The summed E-state index contributed by atoms with van der Waals surface area (Å²) in [6.45, 7) is 3.37. The summed E-state index contributed by atoms with van der Waals surface area (Å²) in [7, 11) is 0. The van der Waals surface area contributed by atoms with Crippen LogP contribution in [-0.4, -0.2) is 11.9 Å². The van der Waals surface area contributed by atoms with Gasteiger partial charge in [0.05, 0.1) is 5.92 Å².